The third-order valence-corrected chi connectivity index (χ3v) is 4.42. The number of hydrogen-bond acceptors (Lipinski definition) is 3. The first-order chi connectivity index (χ1) is 10.1. The van der Waals surface area contributed by atoms with Gasteiger partial charge in [0.25, 0.3) is 0 Å². The number of nitrogens with one attached hydrogen (secondary N) is 1. The summed E-state index contributed by atoms with van der Waals surface area (Å²) in [6, 6.07) is 8.46. The molecule has 2 aliphatic carbocycles. The molecule has 0 saturated heterocycles. The van der Waals surface area contributed by atoms with Gasteiger partial charge in [-0.15, -0.1) is 0 Å². The fourth-order valence-electron chi connectivity index (χ4n) is 3.06. The summed E-state index contributed by atoms with van der Waals surface area (Å²) < 4.78 is 5.70. The molecule has 1 unspecified atom stereocenters. The molecule has 21 heavy (non-hydrogen) atoms. The van der Waals surface area contributed by atoms with E-state index in [4.69, 9.17) is 4.74 Å². The molecule has 0 bridgehead atoms. The van der Waals surface area contributed by atoms with Crippen LogP contribution in [0.15, 0.2) is 24.3 Å². The van der Waals surface area contributed by atoms with Crippen molar-refractivity contribution in [3.63, 3.8) is 0 Å². The monoisotopic (exact) mass is 289 g/mol. The molecule has 1 aromatic carbocycles. The molecule has 116 valence electrons. The van der Waals surface area contributed by atoms with Crippen molar-refractivity contribution in [3.05, 3.63) is 29.8 Å². The maximum absolute atomic E-state index is 10.4. The highest BCUT2D eigenvalue weighted by molar-refractivity contribution is 5.30. The average Bonchev–Trinajstić information content (AvgIpc) is 3.32. The Morgan fingerprint density at radius 2 is 1.86 bits per heavy atom. The van der Waals surface area contributed by atoms with E-state index in [1.165, 1.54) is 25.7 Å². The Bertz CT molecular complexity index is 454. The van der Waals surface area contributed by atoms with Gasteiger partial charge in [-0.1, -0.05) is 12.1 Å². The molecule has 0 heterocycles. The van der Waals surface area contributed by atoms with Crippen LogP contribution in [-0.2, 0) is 0 Å². The van der Waals surface area contributed by atoms with Crippen molar-refractivity contribution in [1.29, 1.82) is 0 Å². The number of aliphatic hydroxyl groups is 1. The minimum atomic E-state index is -0.458. The molecule has 1 aromatic rings. The maximum atomic E-state index is 10.4. The zero-order valence-corrected chi connectivity index (χ0v) is 13.1. The van der Waals surface area contributed by atoms with Gasteiger partial charge >= 0.3 is 0 Å². The van der Waals surface area contributed by atoms with E-state index in [0.717, 1.165) is 23.1 Å². The van der Waals surface area contributed by atoms with Crippen LogP contribution in [0.2, 0.25) is 0 Å². The number of benzene rings is 1. The largest absolute Gasteiger partial charge is 0.491 e. The fourth-order valence-corrected chi connectivity index (χ4v) is 3.06. The lowest BCUT2D eigenvalue weighted by atomic mass is 10.1. The minimum Gasteiger partial charge on any atom is -0.491 e. The molecule has 1 atom stereocenters. The van der Waals surface area contributed by atoms with Gasteiger partial charge < -0.3 is 15.2 Å². The Morgan fingerprint density at radius 3 is 2.43 bits per heavy atom. The molecule has 2 N–H and O–H groups in total. The van der Waals surface area contributed by atoms with E-state index in [0.29, 0.717) is 12.6 Å². The third-order valence-electron chi connectivity index (χ3n) is 4.42. The Balaban J connectivity index is 1.55. The minimum absolute atomic E-state index is 0.157. The fraction of sp³-hybridized carbons (Fsp3) is 0.667. The highest BCUT2D eigenvalue weighted by Crippen LogP contribution is 2.44. The molecule has 0 spiro atoms. The molecule has 0 radical (unpaired) electrons. The SMILES string of the molecule is CC(C)Oc1cccc(C(O)CNC(C2CC2)C2CC2)c1. The Hall–Kier alpha value is -1.06. The van der Waals surface area contributed by atoms with E-state index in [9.17, 15) is 5.11 Å². The first-order valence-corrected chi connectivity index (χ1v) is 8.31. The quantitative estimate of drug-likeness (QED) is 0.771. The summed E-state index contributed by atoms with van der Waals surface area (Å²) in [5.74, 6) is 2.56. The van der Waals surface area contributed by atoms with Crippen LogP contribution in [0.3, 0.4) is 0 Å². The summed E-state index contributed by atoms with van der Waals surface area (Å²) in [5, 5.41) is 14.0. The van der Waals surface area contributed by atoms with Crippen molar-refractivity contribution in [2.45, 2.75) is 57.8 Å². The standard InChI is InChI=1S/C18H27NO2/c1-12(2)21-16-5-3-4-15(10-16)17(20)11-19-18(13-6-7-13)14-8-9-14/h3-5,10,12-14,17-20H,6-9,11H2,1-2H3. The Labute approximate surface area is 127 Å². The van der Waals surface area contributed by atoms with E-state index in [2.05, 4.69) is 5.32 Å². The van der Waals surface area contributed by atoms with E-state index in [1.807, 2.05) is 38.1 Å². The highest BCUT2D eigenvalue weighted by Gasteiger charge is 2.41. The van der Waals surface area contributed by atoms with Gasteiger partial charge in [-0.2, -0.15) is 0 Å². The predicted octanol–water partition coefficient (Wildman–Crippen LogP) is 3.29. The smallest absolute Gasteiger partial charge is 0.120 e. The van der Waals surface area contributed by atoms with E-state index in [-0.39, 0.29) is 6.10 Å². The first kappa shape index (κ1) is 14.9. The van der Waals surface area contributed by atoms with Gasteiger partial charge in [-0.25, -0.2) is 0 Å². The Morgan fingerprint density at radius 1 is 1.19 bits per heavy atom. The van der Waals surface area contributed by atoms with Crippen molar-refractivity contribution < 1.29 is 9.84 Å². The normalized spacial score (nSPS) is 20.0. The van der Waals surface area contributed by atoms with Crippen LogP contribution < -0.4 is 10.1 Å². The number of aliphatic hydroxyl groups excluding tert-OH is 1. The molecule has 0 aliphatic heterocycles. The lowest BCUT2D eigenvalue weighted by Crippen LogP contribution is -2.36. The first-order valence-electron chi connectivity index (χ1n) is 8.31. The lowest BCUT2D eigenvalue weighted by molar-refractivity contribution is 0.164. The second-order valence-electron chi connectivity index (χ2n) is 6.86. The number of hydrogen-bond donors (Lipinski definition) is 2. The summed E-state index contributed by atoms with van der Waals surface area (Å²) >= 11 is 0. The summed E-state index contributed by atoms with van der Waals surface area (Å²) in [6.45, 7) is 4.67. The van der Waals surface area contributed by atoms with E-state index >= 15 is 0 Å². The lowest BCUT2D eigenvalue weighted by Gasteiger charge is -2.21. The van der Waals surface area contributed by atoms with Gasteiger partial charge in [0.05, 0.1) is 12.2 Å². The third kappa shape index (κ3) is 4.21. The van der Waals surface area contributed by atoms with Gasteiger partial charge in [0.1, 0.15) is 5.75 Å². The van der Waals surface area contributed by atoms with Crippen LogP contribution in [0.5, 0.6) is 5.75 Å². The number of rotatable bonds is 8. The zero-order valence-electron chi connectivity index (χ0n) is 13.1. The summed E-state index contributed by atoms with van der Waals surface area (Å²) in [7, 11) is 0. The van der Waals surface area contributed by atoms with Crippen LogP contribution in [0.4, 0.5) is 0 Å². The van der Waals surface area contributed by atoms with Crippen LogP contribution in [0.1, 0.15) is 51.2 Å². The van der Waals surface area contributed by atoms with E-state index < -0.39 is 6.10 Å². The van der Waals surface area contributed by atoms with Crippen LogP contribution in [0, 0.1) is 11.8 Å². The molecule has 3 nitrogen and oxygen atoms in total. The van der Waals surface area contributed by atoms with Gasteiger partial charge in [-0.05, 0) is 69.1 Å². The van der Waals surface area contributed by atoms with Crippen LogP contribution >= 0.6 is 0 Å². The molecule has 2 fully saturated rings. The molecule has 2 saturated carbocycles. The van der Waals surface area contributed by atoms with Crippen molar-refractivity contribution in [2.75, 3.05) is 6.54 Å². The maximum Gasteiger partial charge on any atom is 0.120 e. The van der Waals surface area contributed by atoms with Gasteiger partial charge in [-0.3, -0.25) is 0 Å². The summed E-state index contributed by atoms with van der Waals surface area (Å²) in [4.78, 5) is 0. The van der Waals surface area contributed by atoms with Gasteiger partial charge in [0.15, 0.2) is 0 Å². The van der Waals surface area contributed by atoms with Crippen molar-refractivity contribution in [2.24, 2.45) is 11.8 Å². The van der Waals surface area contributed by atoms with Crippen LogP contribution in [-0.4, -0.2) is 23.8 Å². The van der Waals surface area contributed by atoms with E-state index in [1.54, 1.807) is 0 Å². The molecular weight excluding hydrogens is 262 g/mol. The van der Waals surface area contributed by atoms with Crippen molar-refractivity contribution >= 4 is 0 Å². The topological polar surface area (TPSA) is 41.5 Å². The summed E-state index contributed by atoms with van der Waals surface area (Å²) in [5.41, 5.74) is 0.936. The van der Waals surface area contributed by atoms with Gasteiger partial charge in [0.2, 0.25) is 0 Å². The summed E-state index contributed by atoms with van der Waals surface area (Å²) in [6.07, 6.45) is 5.15. The molecule has 0 aromatic heterocycles. The van der Waals surface area contributed by atoms with Gasteiger partial charge in [0, 0.05) is 12.6 Å². The molecular formula is C18H27NO2. The second kappa shape index (κ2) is 6.37. The van der Waals surface area contributed by atoms with Crippen molar-refractivity contribution in [3.8, 4) is 5.75 Å². The molecule has 2 aliphatic rings. The molecule has 3 heteroatoms. The predicted molar refractivity (Wildman–Crippen MR) is 84.4 cm³/mol. The Kier molecular flexibility index (Phi) is 4.51. The molecule has 0 amide bonds. The zero-order chi connectivity index (χ0) is 14.8. The van der Waals surface area contributed by atoms with Crippen LogP contribution in [0.25, 0.3) is 0 Å². The second-order valence-corrected chi connectivity index (χ2v) is 6.86. The highest BCUT2D eigenvalue weighted by atomic mass is 16.5. The number of ether oxygens (including phenoxy) is 1. The molecule has 3 rings (SSSR count). The average molecular weight is 289 g/mol. The van der Waals surface area contributed by atoms with Crippen molar-refractivity contribution in [1.82, 2.24) is 5.32 Å².